The van der Waals surface area contributed by atoms with E-state index in [0.29, 0.717) is 12.0 Å². The molecule has 0 atom stereocenters. The molecule has 0 heterocycles. The summed E-state index contributed by atoms with van der Waals surface area (Å²) < 4.78 is 0. The number of nitrogens with zero attached hydrogens (tertiary/aromatic N) is 1. The van der Waals surface area contributed by atoms with Gasteiger partial charge >= 0.3 is 0 Å². The van der Waals surface area contributed by atoms with Crippen LogP contribution in [0.2, 0.25) is 0 Å². The van der Waals surface area contributed by atoms with E-state index in [-0.39, 0.29) is 0 Å². The van der Waals surface area contributed by atoms with Crippen molar-refractivity contribution in [3.63, 3.8) is 0 Å². The van der Waals surface area contributed by atoms with Crippen LogP contribution in [-0.4, -0.2) is 6.54 Å². The van der Waals surface area contributed by atoms with E-state index in [0.717, 1.165) is 6.42 Å². The normalized spacial score (nSPS) is 11.4. The van der Waals surface area contributed by atoms with Gasteiger partial charge in [-0.25, -0.2) is 5.53 Å². The largest absolute Gasteiger partial charge is 0.210 e. The van der Waals surface area contributed by atoms with Crippen molar-refractivity contribution in [2.45, 2.75) is 33.6 Å². The molecule has 1 N–H and O–H groups in total. The molecule has 0 rings (SSSR count). The Morgan fingerprint density at radius 3 is 2.33 bits per heavy atom. The summed E-state index contributed by atoms with van der Waals surface area (Å²) in [6, 6.07) is 0. The lowest BCUT2D eigenvalue weighted by molar-refractivity contribution is 0.326. The van der Waals surface area contributed by atoms with E-state index in [1.807, 2.05) is 0 Å². The Hall–Kier alpha value is -0.400. The van der Waals surface area contributed by atoms with E-state index in [2.05, 4.69) is 25.9 Å². The van der Waals surface area contributed by atoms with Gasteiger partial charge in [0, 0.05) is 0 Å². The number of rotatable bonds is 4. The van der Waals surface area contributed by atoms with E-state index >= 15 is 0 Å². The first-order chi connectivity index (χ1) is 4.12. The minimum atomic E-state index is 0.380. The molecule has 0 amide bonds. The smallest absolute Gasteiger partial charge is 0.0601 e. The maximum Gasteiger partial charge on any atom is 0.0601 e. The van der Waals surface area contributed by atoms with Crippen molar-refractivity contribution in [2.24, 2.45) is 10.5 Å². The predicted molar refractivity (Wildman–Crippen MR) is 38.7 cm³/mol. The van der Waals surface area contributed by atoms with Gasteiger partial charge in [-0.15, -0.1) is 0 Å². The zero-order valence-electron chi connectivity index (χ0n) is 6.57. The Morgan fingerprint density at radius 1 is 1.44 bits per heavy atom. The fourth-order valence-corrected chi connectivity index (χ4v) is 0.535. The van der Waals surface area contributed by atoms with Crippen LogP contribution >= 0.6 is 0 Å². The summed E-state index contributed by atoms with van der Waals surface area (Å²) in [5.41, 5.74) is 6.96. The second kappa shape index (κ2) is 3.59. The van der Waals surface area contributed by atoms with E-state index in [1.165, 1.54) is 6.42 Å². The van der Waals surface area contributed by atoms with Crippen molar-refractivity contribution in [1.29, 1.82) is 5.53 Å². The van der Waals surface area contributed by atoms with Crippen LogP contribution in [-0.2, 0) is 0 Å². The molecule has 0 fully saturated rings. The molecule has 9 heavy (non-hydrogen) atoms. The average molecular weight is 128 g/mol. The Kier molecular flexibility index (Phi) is 3.43. The first-order valence-corrected chi connectivity index (χ1v) is 3.45. The predicted octanol–water partition coefficient (Wildman–Crippen LogP) is 2.84. The van der Waals surface area contributed by atoms with Gasteiger partial charge in [-0.05, 0) is 11.8 Å². The maximum atomic E-state index is 6.58. The Balaban J connectivity index is 3.44. The molecule has 2 heteroatoms. The van der Waals surface area contributed by atoms with Crippen molar-refractivity contribution in [2.75, 3.05) is 6.54 Å². The van der Waals surface area contributed by atoms with Gasteiger partial charge in [0.05, 0.1) is 6.54 Å². The van der Waals surface area contributed by atoms with Crippen molar-refractivity contribution in [1.82, 2.24) is 0 Å². The fourth-order valence-electron chi connectivity index (χ4n) is 0.535. The molecule has 0 aromatic carbocycles. The van der Waals surface area contributed by atoms with Crippen LogP contribution < -0.4 is 0 Å². The summed E-state index contributed by atoms with van der Waals surface area (Å²) in [6.07, 6.45) is 2.20. The highest BCUT2D eigenvalue weighted by Crippen LogP contribution is 2.23. The third kappa shape index (κ3) is 4.13. The van der Waals surface area contributed by atoms with Crippen LogP contribution in [0.5, 0.6) is 0 Å². The molecule has 2 nitrogen and oxygen atoms in total. The van der Waals surface area contributed by atoms with E-state index < -0.39 is 0 Å². The summed E-state index contributed by atoms with van der Waals surface area (Å²) in [4.78, 5) is 0. The van der Waals surface area contributed by atoms with Crippen molar-refractivity contribution in [3.8, 4) is 0 Å². The Labute approximate surface area is 57.2 Å². The van der Waals surface area contributed by atoms with Gasteiger partial charge in [0.2, 0.25) is 0 Å². The number of hydrogen-bond acceptors (Lipinski definition) is 2. The molecule has 54 valence electrons. The zero-order chi connectivity index (χ0) is 7.33. The molecular weight excluding hydrogens is 112 g/mol. The Morgan fingerprint density at radius 2 is 2.00 bits per heavy atom. The van der Waals surface area contributed by atoms with E-state index in [1.54, 1.807) is 0 Å². The highest BCUT2D eigenvalue weighted by molar-refractivity contribution is 4.66. The van der Waals surface area contributed by atoms with Gasteiger partial charge in [0.1, 0.15) is 0 Å². The van der Waals surface area contributed by atoms with Gasteiger partial charge < -0.3 is 0 Å². The maximum absolute atomic E-state index is 6.58. The molecule has 0 spiro atoms. The lowest BCUT2D eigenvalue weighted by Gasteiger charge is -2.20. The number of hydrogen-bond donors (Lipinski definition) is 1. The lowest BCUT2D eigenvalue weighted by Crippen LogP contribution is -2.10. The SMILES string of the molecule is CCC(C)(C)CCN=N. The third-order valence-electron chi connectivity index (χ3n) is 1.86. The van der Waals surface area contributed by atoms with Gasteiger partial charge in [-0.2, -0.15) is 5.11 Å². The van der Waals surface area contributed by atoms with Gasteiger partial charge in [-0.1, -0.05) is 27.2 Å². The molecular formula is C7H16N2. The van der Waals surface area contributed by atoms with Gasteiger partial charge in [0.15, 0.2) is 0 Å². The van der Waals surface area contributed by atoms with Crippen LogP contribution in [0, 0.1) is 10.9 Å². The van der Waals surface area contributed by atoms with E-state index in [9.17, 15) is 0 Å². The molecule has 0 aromatic heterocycles. The summed E-state index contributed by atoms with van der Waals surface area (Å²) >= 11 is 0. The zero-order valence-corrected chi connectivity index (χ0v) is 6.57. The monoisotopic (exact) mass is 128 g/mol. The van der Waals surface area contributed by atoms with Gasteiger partial charge in [-0.3, -0.25) is 0 Å². The molecule has 0 unspecified atom stereocenters. The second-order valence-corrected chi connectivity index (χ2v) is 3.15. The van der Waals surface area contributed by atoms with Crippen LogP contribution in [0.3, 0.4) is 0 Å². The van der Waals surface area contributed by atoms with Crippen LogP contribution in [0.4, 0.5) is 0 Å². The Bertz CT molecular complexity index is 86.9. The summed E-state index contributed by atoms with van der Waals surface area (Å²) in [5, 5.41) is 3.32. The summed E-state index contributed by atoms with van der Waals surface area (Å²) in [7, 11) is 0. The fraction of sp³-hybridized carbons (Fsp3) is 1.00. The molecule has 0 aromatic rings. The first kappa shape index (κ1) is 8.60. The topological polar surface area (TPSA) is 36.2 Å². The van der Waals surface area contributed by atoms with Gasteiger partial charge in [0.25, 0.3) is 0 Å². The minimum Gasteiger partial charge on any atom is -0.210 e. The quantitative estimate of drug-likeness (QED) is 0.565. The standard InChI is InChI=1S/C7H16N2/c1-4-7(2,3)5-6-9-8/h8H,4-6H2,1-3H3. The molecule has 0 aliphatic heterocycles. The molecule has 0 bridgehead atoms. The van der Waals surface area contributed by atoms with E-state index in [4.69, 9.17) is 5.53 Å². The lowest BCUT2D eigenvalue weighted by atomic mass is 9.87. The minimum absolute atomic E-state index is 0.380. The molecule has 0 saturated heterocycles. The van der Waals surface area contributed by atoms with Crippen LogP contribution in [0.1, 0.15) is 33.6 Å². The molecule has 0 saturated carbocycles. The summed E-state index contributed by atoms with van der Waals surface area (Å²) in [6.45, 7) is 7.27. The van der Waals surface area contributed by atoms with Crippen molar-refractivity contribution < 1.29 is 0 Å². The number of nitrogens with one attached hydrogen (secondary N) is 1. The first-order valence-electron chi connectivity index (χ1n) is 3.45. The molecule has 0 aliphatic carbocycles. The highest BCUT2D eigenvalue weighted by Gasteiger charge is 2.13. The van der Waals surface area contributed by atoms with Crippen molar-refractivity contribution >= 4 is 0 Å². The average Bonchev–Trinajstić information content (AvgIpc) is 1.84. The van der Waals surface area contributed by atoms with Crippen LogP contribution in [0.25, 0.3) is 0 Å². The highest BCUT2D eigenvalue weighted by atomic mass is 14.9. The molecule has 0 radical (unpaired) electrons. The third-order valence-corrected chi connectivity index (χ3v) is 1.86. The van der Waals surface area contributed by atoms with Crippen LogP contribution in [0.15, 0.2) is 5.11 Å². The summed E-state index contributed by atoms with van der Waals surface area (Å²) in [5.74, 6) is 0. The second-order valence-electron chi connectivity index (χ2n) is 3.15. The molecule has 0 aliphatic rings. The van der Waals surface area contributed by atoms with Crippen molar-refractivity contribution in [3.05, 3.63) is 0 Å².